The lowest BCUT2D eigenvalue weighted by Gasteiger charge is -2.11. The van der Waals surface area contributed by atoms with Crippen molar-refractivity contribution in [1.29, 1.82) is 0 Å². The van der Waals surface area contributed by atoms with Gasteiger partial charge in [-0.15, -0.1) is 0 Å². The predicted octanol–water partition coefficient (Wildman–Crippen LogP) is 5.22. The van der Waals surface area contributed by atoms with Gasteiger partial charge in [0.2, 0.25) is 0 Å². The van der Waals surface area contributed by atoms with Crippen molar-refractivity contribution >= 4 is 11.6 Å². The summed E-state index contributed by atoms with van der Waals surface area (Å²) in [4.78, 5) is 0. The molecule has 0 bridgehead atoms. The highest BCUT2D eigenvalue weighted by Gasteiger charge is 2.14. The molecular formula is C15H14ClFO. The maximum atomic E-state index is 14.6. The normalized spacial score (nSPS) is 16.0. The zero-order valence-corrected chi connectivity index (χ0v) is 10.2. The van der Waals surface area contributed by atoms with Crippen LogP contribution in [0.2, 0.25) is 5.02 Å². The lowest BCUT2D eigenvalue weighted by molar-refractivity contribution is 0.438. The summed E-state index contributed by atoms with van der Waals surface area (Å²) < 4.78 is 56.9. The Kier molecular flexibility index (Phi) is 2.54. The van der Waals surface area contributed by atoms with E-state index in [1.54, 1.807) is 30.3 Å². The van der Waals surface area contributed by atoms with Crippen LogP contribution in [0.5, 0.6) is 11.5 Å². The summed E-state index contributed by atoms with van der Waals surface area (Å²) in [6.07, 6.45) is -3.18. The monoisotopic (exact) mass is 269 g/mol. The maximum absolute atomic E-state index is 14.6. The Morgan fingerprint density at radius 1 is 1.28 bits per heavy atom. The van der Waals surface area contributed by atoms with Gasteiger partial charge in [-0.3, -0.25) is 0 Å². The molecule has 0 fully saturated rings. The molecule has 0 atom stereocenters. The topological polar surface area (TPSA) is 9.23 Å². The molecule has 0 unspecified atom stereocenters. The van der Waals surface area contributed by atoms with Crippen molar-refractivity contribution < 1.29 is 16.0 Å². The molecule has 2 aromatic rings. The Morgan fingerprint density at radius 3 is 2.78 bits per heavy atom. The van der Waals surface area contributed by atoms with Gasteiger partial charge in [0.25, 0.3) is 0 Å². The van der Waals surface area contributed by atoms with E-state index in [2.05, 4.69) is 0 Å². The zero-order chi connectivity index (χ0) is 17.3. The molecule has 0 N–H and O–H groups in total. The summed E-state index contributed by atoms with van der Waals surface area (Å²) in [6.45, 7) is -2.86. The molecular weight excluding hydrogens is 251 g/mol. The highest BCUT2D eigenvalue weighted by molar-refractivity contribution is 6.32. The molecule has 3 heteroatoms. The number of benzene rings is 2. The van der Waals surface area contributed by atoms with Crippen molar-refractivity contribution in [3.05, 3.63) is 58.9 Å². The molecule has 0 saturated heterocycles. The van der Waals surface area contributed by atoms with Crippen LogP contribution in [0.1, 0.15) is 25.6 Å². The highest BCUT2D eigenvalue weighted by Crippen LogP contribution is 2.34. The van der Waals surface area contributed by atoms with Gasteiger partial charge in [-0.2, -0.15) is 0 Å². The summed E-state index contributed by atoms with van der Waals surface area (Å²) in [6, 6.07) is 11.0. The minimum Gasteiger partial charge on any atom is -0.453 e. The van der Waals surface area contributed by atoms with Crippen molar-refractivity contribution in [2.24, 2.45) is 0 Å². The van der Waals surface area contributed by atoms with Gasteiger partial charge in [0.1, 0.15) is 5.75 Å². The number of aryl methyl sites for hydroxylation is 1. The molecule has 0 aliphatic heterocycles. The second-order valence-corrected chi connectivity index (χ2v) is 4.03. The second-order valence-electron chi connectivity index (χ2n) is 3.62. The molecule has 2 rings (SSSR count). The van der Waals surface area contributed by atoms with E-state index in [1.807, 2.05) is 0 Å². The highest BCUT2D eigenvalue weighted by atomic mass is 35.5. The average Bonchev–Trinajstić information content (AvgIpc) is 2.46. The van der Waals surface area contributed by atoms with E-state index in [0.29, 0.717) is 5.75 Å². The summed E-state index contributed by atoms with van der Waals surface area (Å²) in [5.74, 6) is -0.754. The Bertz CT molecular complexity index is 688. The van der Waals surface area contributed by atoms with E-state index in [9.17, 15) is 4.39 Å². The van der Waals surface area contributed by atoms with E-state index >= 15 is 0 Å². The van der Waals surface area contributed by atoms with E-state index in [0.717, 1.165) is 0 Å². The second kappa shape index (κ2) is 5.87. The number of hydrogen-bond donors (Lipinski definition) is 0. The van der Waals surface area contributed by atoms with Gasteiger partial charge in [-0.05, 0) is 30.2 Å². The minimum absolute atomic E-state index is 0.0181. The maximum Gasteiger partial charge on any atom is 0.181 e. The van der Waals surface area contributed by atoms with E-state index < -0.39 is 25.5 Å². The molecule has 18 heavy (non-hydrogen) atoms. The third-order valence-electron chi connectivity index (χ3n) is 2.37. The van der Waals surface area contributed by atoms with Gasteiger partial charge < -0.3 is 4.74 Å². The van der Waals surface area contributed by atoms with Crippen LogP contribution in [0, 0.1) is 5.82 Å². The fourth-order valence-corrected chi connectivity index (χ4v) is 1.69. The number of para-hydroxylation sites is 1. The Hall–Kier alpha value is -1.54. The van der Waals surface area contributed by atoms with Gasteiger partial charge in [0.15, 0.2) is 11.6 Å². The molecule has 0 amide bonds. The number of hydrogen-bond acceptors (Lipinski definition) is 1. The number of rotatable bonds is 4. The summed E-state index contributed by atoms with van der Waals surface area (Å²) >= 11 is 5.94. The lowest BCUT2D eigenvalue weighted by atomic mass is 10.1. The summed E-state index contributed by atoms with van der Waals surface area (Å²) in [5, 5.41) is 0.0181. The summed E-state index contributed by atoms with van der Waals surface area (Å²) in [7, 11) is 0. The Morgan fingerprint density at radius 2 is 2.06 bits per heavy atom. The quantitative estimate of drug-likeness (QED) is 0.739. The molecule has 0 radical (unpaired) electrons. The van der Waals surface area contributed by atoms with E-state index in [1.165, 1.54) is 12.1 Å². The molecule has 0 aromatic heterocycles. The first-order valence-electron chi connectivity index (χ1n) is 7.81. The number of halogens is 2. The van der Waals surface area contributed by atoms with Crippen molar-refractivity contribution in [1.82, 2.24) is 0 Å². The minimum atomic E-state index is -2.86. The van der Waals surface area contributed by atoms with Crippen LogP contribution in [0.4, 0.5) is 4.39 Å². The SMILES string of the molecule is [2H]C([2H])([2H])C([2H])([2H])Cc1ccc(Cl)c(Oc2ccccc2)c1F. The van der Waals surface area contributed by atoms with Crippen molar-refractivity contribution in [3.63, 3.8) is 0 Å². The molecule has 0 saturated carbocycles. The van der Waals surface area contributed by atoms with Gasteiger partial charge >= 0.3 is 0 Å². The predicted molar refractivity (Wildman–Crippen MR) is 71.9 cm³/mol. The van der Waals surface area contributed by atoms with E-state index in [-0.39, 0.29) is 16.3 Å². The fraction of sp³-hybridized carbons (Fsp3) is 0.200. The Balaban J connectivity index is 2.36. The van der Waals surface area contributed by atoms with Crippen LogP contribution >= 0.6 is 11.6 Å². The number of ether oxygens (including phenoxy) is 1. The van der Waals surface area contributed by atoms with Gasteiger partial charge in [0, 0.05) is 6.85 Å². The summed E-state index contributed by atoms with van der Waals surface area (Å²) in [5.41, 5.74) is -0.110. The van der Waals surface area contributed by atoms with Crippen molar-refractivity contribution in [3.8, 4) is 11.5 Å². The first-order chi connectivity index (χ1) is 10.6. The van der Waals surface area contributed by atoms with Crippen LogP contribution in [-0.2, 0) is 6.42 Å². The Labute approximate surface area is 118 Å². The third kappa shape index (κ3) is 2.82. The first kappa shape index (κ1) is 7.80. The molecule has 2 aromatic carbocycles. The van der Waals surface area contributed by atoms with Gasteiger partial charge in [-0.1, -0.05) is 49.1 Å². The van der Waals surface area contributed by atoms with Crippen molar-refractivity contribution in [2.45, 2.75) is 19.6 Å². The third-order valence-corrected chi connectivity index (χ3v) is 2.67. The van der Waals surface area contributed by atoms with Gasteiger partial charge in [0.05, 0.1) is 5.02 Å². The first-order valence-corrected chi connectivity index (χ1v) is 5.69. The fourth-order valence-electron chi connectivity index (χ4n) is 1.50. The molecule has 0 spiro atoms. The zero-order valence-electron chi connectivity index (χ0n) is 14.4. The van der Waals surface area contributed by atoms with Crippen LogP contribution in [0.25, 0.3) is 0 Å². The molecule has 94 valence electrons. The van der Waals surface area contributed by atoms with Crippen LogP contribution in [0.3, 0.4) is 0 Å². The van der Waals surface area contributed by atoms with Crippen LogP contribution in [0.15, 0.2) is 42.5 Å². The molecule has 0 aliphatic carbocycles. The average molecular weight is 270 g/mol. The van der Waals surface area contributed by atoms with Gasteiger partial charge in [-0.25, -0.2) is 4.39 Å². The molecule has 0 aliphatic rings. The van der Waals surface area contributed by atoms with E-state index in [4.69, 9.17) is 23.2 Å². The van der Waals surface area contributed by atoms with Crippen LogP contribution < -0.4 is 4.74 Å². The standard InChI is InChI=1S/C15H14ClFO/c1-2-6-11-9-10-13(16)15(14(11)17)18-12-7-4-3-5-8-12/h3-5,7-10H,2,6H2,1H3/i1D3,2D2. The smallest absolute Gasteiger partial charge is 0.181 e. The largest absolute Gasteiger partial charge is 0.453 e. The van der Waals surface area contributed by atoms with Crippen molar-refractivity contribution in [2.75, 3.05) is 0 Å². The van der Waals surface area contributed by atoms with Crippen LogP contribution in [-0.4, -0.2) is 0 Å². The lowest BCUT2D eigenvalue weighted by Crippen LogP contribution is -1.95. The molecule has 0 heterocycles. The molecule has 1 nitrogen and oxygen atoms in total.